The Bertz CT molecular complexity index is 592. The van der Waals surface area contributed by atoms with Crippen molar-refractivity contribution in [1.29, 1.82) is 0 Å². The molecule has 0 atom stereocenters. The Balaban J connectivity index is 2.03. The molecule has 0 aliphatic rings. The van der Waals surface area contributed by atoms with Crippen LogP contribution in [-0.4, -0.2) is 22.8 Å². The lowest BCUT2D eigenvalue weighted by Crippen LogP contribution is -2.20. The second-order valence-electron chi connectivity index (χ2n) is 4.15. The highest BCUT2D eigenvalue weighted by molar-refractivity contribution is 5.90. The van der Waals surface area contributed by atoms with Crippen molar-refractivity contribution in [3.63, 3.8) is 0 Å². The van der Waals surface area contributed by atoms with Gasteiger partial charge < -0.3 is 15.8 Å². The number of nitrogens with two attached hydrogens (primary N) is 1. The number of aromatic nitrogens is 2. The van der Waals surface area contributed by atoms with Gasteiger partial charge in [0.25, 0.3) is 0 Å². The van der Waals surface area contributed by atoms with E-state index < -0.39 is 0 Å². The third-order valence-electron chi connectivity index (χ3n) is 2.65. The summed E-state index contributed by atoms with van der Waals surface area (Å²) in [6.45, 7) is 1.97. The van der Waals surface area contributed by atoms with E-state index >= 15 is 0 Å². The van der Waals surface area contributed by atoms with Gasteiger partial charge in [0.2, 0.25) is 5.91 Å². The molecule has 0 fully saturated rings. The van der Waals surface area contributed by atoms with Gasteiger partial charge >= 0.3 is 0 Å². The van der Waals surface area contributed by atoms with Crippen LogP contribution in [0.5, 0.6) is 5.75 Å². The van der Waals surface area contributed by atoms with Gasteiger partial charge in [0.15, 0.2) is 0 Å². The zero-order valence-electron chi connectivity index (χ0n) is 10.9. The lowest BCUT2D eigenvalue weighted by molar-refractivity contribution is -0.116. The zero-order chi connectivity index (χ0) is 13.8. The van der Waals surface area contributed by atoms with Gasteiger partial charge in [-0.2, -0.15) is 5.10 Å². The summed E-state index contributed by atoms with van der Waals surface area (Å²) in [6, 6.07) is 8.89. The molecular weight excluding hydrogens is 244 g/mol. The Morgan fingerprint density at radius 3 is 2.89 bits per heavy atom. The molecule has 0 saturated carbocycles. The van der Waals surface area contributed by atoms with Gasteiger partial charge in [-0.15, -0.1) is 0 Å². The van der Waals surface area contributed by atoms with Crippen LogP contribution < -0.4 is 15.8 Å². The number of rotatable bonds is 4. The molecule has 2 aromatic rings. The molecule has 6 nitrogen and oxygen atoms in total. The smallest absolute Gasteiger partial charge is 0.246 e. The standard InChI is InChI=1S/C13H16N4O2/c1-9-6-12(14)16-17(9)8-13(18)15-10-4-3-5-11(7-10)19-2/h3-7H,8H2,1-2H3,(H2,14,16)(H,15,18). The molecule has 0 spiro atoms. The minimum atomic E-state index is -0.167. The summed E-state index contributed by atoms with van der Waals surface area (Å²) in [5, 5.41) is 6.82. The first-order chi connectivity index (χ1) is 9.08. The Kier molecular flexibility index (Phi) is 3.70. The van der Waals surface area contributed by atoms with E-state index in [4.69, 9.17) is 10.5 Å². The molecule has 0 bridgehead atoms. The molecule has 2 rings (SSSR count). The third-order valence-corrected chi connectivity index (χ3v) is 2.65. The molecule has 6 heteroatoms. The number of nitrogens with one attached hydrogen (secondary N) is 1. The van der Waals surface area contributed by atoms with E-state index in [1.807, 2.05) is 19.1 Å². The van der Waals surface area contributed by atoms with Gasteiger partial charge in [-0.05, 0) is 19.1 Å². The van der Waals surface area contributed by atoms with E-state index in [1.54, 1.807) is 30.0 Å². The summed E-state index contributed by atoms with van der Waals surface area (Å²) in [5.74, 6) is 0.934. The second-order valence-corrected chi connectivity index (χ2v) is 4.15. The molecule has 0 aliphatic carbocycles. The number of ether oxygens (including phenoxy) is 1. The van der Waals surface area contributed by atoms with Crippen molar-refractivity contribution < 1.29 is 9.53 Å². The highest BCUT2D eigenvalue weighted by Crippen LogP contribution is 2.16. The van der Waals surface area contributed by atoms with Crippen molar-refractivity contribution in [2.45, 2.75) is 13.5 Å². The summed E-state index contributed by atoms with van der Waals surface area (Å²) in [6.07, 6.45) is 0. The van der Waals surface area contributed by atoms with Crippen LogP contribution in [0.1, 0.15) is 5.69 Å². The van der Waals surface area contributed by atoms with Crippen LogP contribution in [0.4, 0.5) is 11.5 Å². The molecule has 1 heterocycles. The maximum absolute atomic E-state index is 11.9. The van der Waals surface area contributed by atoms with E-state index in [0.717, 1.165) is 5.69 Å². The molecule has 1 amide bonds. The van der Waals surface area contributed by atoms with E-state index in [9.17, 15) is 4.79 Å². The molecular formula is C13H16N4O2. The molecule has 1 aromatic carbocycles. The van der Waals surface area contributed by atoms with Gasteiger partial charge in [-0.3, -0.25) is 9.48 Å². The Morgan fingerprint density at radius 1 is 1.47 bits per heavy atom. The number of amides is 1. The van der Waals surface area contributed by atoms with Crippen molar-refractivity contribution in [2.75, 3.05) is 18.2 Å². The maximum atomic E-state index is 11.9. The van der Waals surface area contributed by atoms with Gasteiger partial charge in [-0.25, -0.2) is 0 Å². The van der Waals surface area contributed by atoms with Gasteiger partial charge in [-0.1, -0.05) is 6.07 Å². The Labute approximate surface area is 111 Å². The molecule has 100 valence electrons. The van der Waals surface area contributed by atoms with Gasteiger partial charge in [0.05, 0.1) is 7.11 Å². The molecule has 0 radical (unpaired) electrons. The largest absolute Gasteiger partial charge is 0.497 e. The van der Waals surface area contributed by atoms with Crippen LogP contribution in [0.2, 0.25) is 0 Å². The predicted octanol–water partition coefficient (Wildman–Crippen LogP) is 1.42. The van der Waals surface area contributed by atoms with E-state index in [2.05, 4.69) is 10.4 Å². The first kappa shape index (κ1) is 12.9. The van der Waals surface area contributed by atoms with E-state index in [0.29, 0.717) is 17.3 Å². The minimum absolute atomic E-state index is 0.125. The van der Waals surface area contributed by atoms with Crippen molar-refractivity contribution in [2.24, 2.45) is 0 Å². The predicted molar refractivity (Wildman–Crippen MR) is 73.0 cm³/mol. The fourth-order valence-electron chi connectivity index (χ4n) is 1.73. The number of hydrogen-bond donors (Lipinski definition) is 2. The fraction of sp³-hybridized carbons (Fsp3) is 0.231. The summed E-state index contributed by atoms with van der Waals surface area (Å²) in [5.41, 5.74) is 7.09. The van der Waals surface area contributed by atoms with Crippen molar-refractivity contribution >= 4 is 17.4 Å². The normalized spacial score (nSPS) is 10.2. The fourth-order valence-corrected chi connectivity index (χ4v) is 1.73. The highest BCUT2D eigenvalue weighted by Gasteiger charge is 2.08. The summed E-state index contributed by atoms with van der Waals surface area (Å²) in [7, 11) is 1.58. The average molecular weight is 260 g/mol. The van der Waals surface area contributed by atoms with Gasteiger partial charge in [0, 0.05) is 23.5 Å². The number of methoxy groups -OCH3 is 1. The van der Waals surface area contributed by atoms with Crippen molar-refractivity contribution in [3.05, 3.63) is 36.0 Å². The van der Waals surface area contributed by atoms with Gasteiger partial charge in [0.1, 0.15) is 18.1 Å². The van der Waals surface area contributed by atoms with Crippen LogP contribution in [0.15, 0.2) is 30.3 Å². The molecule has 0 aliphatic heterocycles. The Morgan fingerprint density at radius 2 is 2.26 bits per heavy atom. The maximum Gasteiger partial charge on any atom is 0.246 e. The quantitative estimate of drug-likeness (QED) is 0.871. The highest BCUT2D eigenvalue weighted by atomic mass is 16.5. The number of carbonyl (C=O) groups excluding carboxylic acids is 1. The van der Waals surface area contributed by atoms with Crippen LogP contribution in [0, 0.1) is 6.92 Å². The Hall–Kier alpha value is -2.50. The van der Waals surface area contributed by atoms with Crippen LogP contribution in [-0.2, 0) is 11.3 Å². The van der Waals surface area contributed by atoms with Crippen LogP contribution in [0.25, 0.3) is 0 Å². The molecule has 0 saturated heterocycles. The monoisotopic (exact) mass is 260 g/mol. The number of anilines is 2. The number of hydrogen-bond acceptors (Lipinski definition) is 4. The van der Waals surface area contributed by atoms with E-state index in [-0.39, 0.29) is 12.5 Å². The molecule has 1 aromatic heterocycles. The minimum Gasteiger partial charge on any atom is -0.497 e. The lowest BCUT2D eigenvalue weighted by Gasteiger charge is -2.08. The zero-order valence-corrected chi connectivity index (χ0v) is 10.9. The SMILES string of the molecule is COc1cccc(NC(=O)Cn2nc(N)cc2C)c1. The summed E-state index contributed by atoms with van der Waals surface area (Å²) >= 11 is 0. The van der Waals surface area contributed by atoms with E-state index in [1.165, 1.54) is 0 Å². The number of nitrogen functional groups attached to an aromatic ring is 1. The summed E-state index contributed by atoms with van der Waals surface area (Å²) in [4.78, 5) is 11.9. The third kappa shape index (κ3) is 3.25. The number of benzene rings is 1. The number of aryl methyl sites for hydroxylation is 1. The first-order valence-corrected chi connectivity index (χ1v) is 5.82. The van der Waals surface area contributed by atoms with Crippen LogP contribution >= 0.6 is 0 Å². The number of carbonyl (C=O) groups is 1. The average Bonchev–Trinajstić information content (AvgIpc) is 2.68. The second kappa shape index (κ2) is 5.43. The topological polar surface area (TPSA) is 82.2 Å². The van der Waals surface area contributed by atoms with Crippen LogP contribution in [0.3, 0.4) is 0 Å². The molecule has 19 heavy (non-hydrogen) atoms. The van der Waals surface area contributed by atoms with Crippen molar-refractivity contribution in [3.8, 4) is 5.75 Å². The molecule has 3 N–H and O–H groups in total. The molecule has 0 unspecified atom stereocenters. The number of nitrogens with zero attached hydrogens (tertiary/aromatic N) is 2. The lowest BCUT2D eigenvalue weighted by atomic mass is 10.3. The van der Waals surface area contributed by atoms with Crippen molar-refractivity contribution in [1.82, 2.24) is 9.78 Å². The summed E-state index contributed by atoms with van der Waals surface area (Å²) < 4.78 is 6.65. The first-order valence-electron chi connectivity index (χ1n) is 5.82.